The Bertz CT molecular complexity index is 1060. The summed E-state index contributed by atoms with van der Waals surface area (Å²) in [5.41, 5.74) is -0.275. The normalized spacial score (nSPS) is 13.9. The van der Waals surface area contributed by atoms with E-state index in [1.165, 1.54) is 6.92 Å². The van der Waals surface area contributed by atoms with Gasteiger partial charge in [-0.1, -0.05) is 34.6 Å². The number of aryl methyl sites for hydroxylation is 1. The van der Waals surface area contributed by atoms with E-state index in [2.05, 4.69) is 20.9 Å². The predicted octanol–water partition coefficient (Wildman–Crippen LogP) is 1.99. The first kappa shape index (κ1) is 28.5. The van der Waals surface area contributed by atoms with E-state index in [1.807, 2.05) is 52.4 Å². The molecule has 0 spiro atoms. The molecule has 196 valence electrons. The lowest BCUT2D eigenvalue weighted by Gasteiger charge is -2.31. The van der Waals surface area contributed by atoms with Crippen molar-refractivity contribution in [1.29, 1.82) is 0 Å². The van der Waals surface area contributed by atoms with Gasteiger partial charge in [-0.3, -0.25) is 14.4 Å². The Morgan fingerprint density at radius 2 is 1.67 bits per heavy atom. The fourth-order valence-electron chi connectivity index (χ4n) is 3.29. The van der Waals surface area contributed by atoms with Crippen LogP contribution in [0.2, 0.25) is 0 Å². The smallest absolute Gasteiger partial charge is 0.251 e. The van der Waals surface area contributed by atoms with Crippen LogP contribution in [0.15, 0.2) is 36.7 Å². The van der Waals surface area contributed by atoms with Crippen LogP contribution in [-0.2, 0) is 28.0 Å². The van der Waals surface area contributed by atoms with Gasteiger partial charge in [-0.25, -0.2) is 4.98 Å². The van der Waals surface area contributed by atoms with Gasteiger partial charge in [0.05, 0.1) is 6.04 Å². The van der Waals surface area contributed by atoms with Gasteiger partial charge in [-0.05, 0) is 42.5 Å². The van der Waals surface area contributed by atoms with Crippen molar-refractivity contribution in [1.82, 2.24) is 25.5 Å². The van der Waals surface area contributed by atoms with Crippen molar-refractivity contribution in [3.05, 3.63) is 48.0 Å². The Morgan fingerprint density at radius 3 is 2.17 bits per heavy atom. The molecule has 2 rings (SSSR count). The van der Waals surface area contributed by atoms with Gasteiger partial charge in [0.15, 0.2) is 0 Å². The SMILES string of the molecule is CC(NC(=O)C(NC(=O)c1ccc(OCc2nccn2C)cc1)C(C)(C)C)C(=O)NC(C=O)C(C)C. The Morgan fingerprint density at radius 1 is 1.03 bits per heavy atom. The van der Waals surface area contributed by atoms with Gasteiger partial charge in [0.1, 0.15) is 36.6 Å². The van der Waals surface area contributed by atoms with Crippen molar-refractivity contribution >= 4 is 24.0 Å². The van der Waals surface area contributed by atoms with Gasteiger partial charge < -0.3 is 30.0 Å². The Kier molecular flexibility index (Phi) is 9.77. The van der Waals surface area contributed by atoms with Crippen LogP contribution in [0.3, 0.4) is 0 Å². The minimum absolute atomic E-state index is 0.0810. The third kappa shape index (κ3) is 7.93. The zero-order valence-electron chi connectivity index (χ0n) is 22.0. The number of hydrogen-bond acceptors (Lipinski definition) is 6. The van der Waals surface area contributed by atoms with E-state index in [1.54, 1.807) is 30.5 Å². The zero-order chi connectivity index (χ0) is 27.0. The number of imidazole rings is 1. The standard InChI is InChI=1S/C26H37N5O5/c1-16(2)20(14-32)29-23(33)17(3)28-25(35)22(26(4,5)6)30-24(34)18-8-10-19(11-9-18)36-15-21-27-12-13-31(21)7/h8-14,16-17,20,22H,15H2,1-7H3,(H,28,35)(H,29,33)(H,30,34). The predicted molar refractivity (Wildman–Crippen MR) is 135 cm³/mol. The lowest BCUT2D eigenvalue weighted by atomic mass is 9.85. The van der Waals surface area contributed by atoms with Crippen LogP contribution in [0.5, 0.6) is 5.75 Å². The van der Waals surface area contributed by atoms with Crippen molar-refractivity contribution in [2.24, 2.45) is 18.4 Å². The molecule has 10 heteroatoms. The maximum atomic E-state index is 13.0. The van der Waals surface area contributed by atoms with Crippen molar-refractivity contribution in [3.8, 4) is 5.75 Å². The molecule has 10 nitrogen and oxygen atoms in total. The molecule has 1 aromatic carbocycles. The maximum Gasteiger partial charge on any atom is 0.251 e. The maximum absolute atomic E-state index is 13.0. The number of hydrogen-bond donors (Lipinski definition) is 3. The zero-order valence-corrected chi connectivity index (χ0v) is 22.0. The molecular formula is C26H37N5O5. The van der Waals surface area contributed by atoms with Crippen LogP contribution in [-0.4, -0.2) is 51.7 Å². The van der Waals surface area contributed by atoms with Crippen molar-refractivity contribution in [2.45, 2.75) is 66.3 Å². The van der Waals surface area contributed by atoms with E-state index < -0.39 is 41.3 Å². The highest BCUT2D eigenvalue weighted by Crippen LogP contribution is 2.21. The van der Waals surface area contributed by atoms with Gasteiger partial charge in [-0.2, -0.15) is 0 Å². The lowest BCUT2D eigenvalue weighted by Crippen LogP contribution is -2.58. The van der Waals surface area contributed by atoms with E-state index >= 15 is 0 Å². The van der Waals surface area contributed by atoms with E-state index in [9.17, 15) is 19.2 Å². The average molecular weight is 500 g/mol. The topological polar surface area (TPSA) is 131 Å². The van der Waals surface area contributed by atoms with Crippen molar-refractivity contribution < 1.29 is 23.9 Å². The number of carbonyl (C=O) groups is 4. The summed E-state index contributed by atoms with van der Waals surface area (Å²) < 4.78 is 7.57. The first-order valence-electron chi connectivity index (χ1n) is 11.9. The van der Waals surface area contributed by atoms with E-state index in [-0.39, 0.29) is 12.5 Å². The van der Waals surface area contributed by atoms with Gasteiger partial charge in [0.25, 0.3) is 5.91 Å². The quantitative estimate of drug-likeness (QED) is 0.405. The highest BCUT2D eigenvalue weighted by Gasteiger charge is 2.34. The molecule has 3 amide bonds. The number of aldehydes is 1. The minimum Gasteiger partial charge on any atom is -0.486 e. The van der Waals surface area contributed by atoms with Gasteiger partial charge in [0.2, 0.25) is 11.8 Å². The first-order chi connectivity index (χ1) is 16.8. The number of amides is 3. The molecule has 3 N–H and O–H groups in total. The molecular weight excluding hydrogens is 462 g/mol. The number of carbonyl (C=O) groups excluding carboxylic acids is 4. The number of benzene rings is 1. The largest absolute Gasteiger partial charge is 0.486 e. The highest BCUT2D eigenvalue weighted by atomic mass is 16.5. The molecule has 0 aliphatic rings. The average Bonchev–Trinajstić information content (AvgIpc) is 3.22. The monoisotopic (exact) mass is 499 g/mol. The van der Waals surface area contributed by atoms with E-state index in [4.69, 9.17) is 4.74 Å². The van der Waals surface area contributed by atoms with Crippen LogP contribution >= 0.6 is 0 Å². The molecule has 2 aromatic rings. The van der Waals surface area contributed by atoms with Crippen LogP contribution in [0, 0.1) is 11.3 Å². The molecule has 0 bridgehead atoms. The van der Waals surface area contributed by atoms with Gasteiger partial charge in [0, 0.05) is 25.0 Å². The van der Waals surface area contributed by atoms with Crippen LogP contribution in [0.4, 0.5) is 0 Å². The molecule has 36 heavy (non-hydrogen) atoms. The molecule has 3 unspecified atom stereocenters. The first-order valence-corrected chi connectivity index (χ1v) is 11.9. The van der Waals surface area contributed by atoms with Crippen LogP contribution < -0.4 is 20.7 Å². The molecule has 0 fully saturated rings. The summed E-state index contributed by atoms with van der Waals surface area (Å²) in [6.45, 7) is 10.9. The van der Waals surface area contributed by atoms with Gasteiger partial charge in [-0.15, -0.1) is 0 Å². The number of nitrogens with one attached hydrogen (secondary N) is 3. The molecule has 0 radical (unpaired) electrons. The molecule has 0 saturated heterocycles. The second kappa shape index (κ2) is 12.3. The van der Waals surface area contributed by atoms with Crippen molar-refractivity contribution in [3.63, 3.8) is 0 Å². The number of rotatable bonds is 11. The summed E-state index contributed by atoms with van der Waals surface area (Å²) in [7, 11) is 1.88. The van der Waals surface area contributed by atoms with Gasteiger partial charge >= 0.3 is 0 Å². The summed E-state index contributed by atoms with van der Waals surface area (Å²) in [5, 5.41) is 8.04. The molecule has 3 atom stereocenters. The third-order valence-corrected chi connectivity index (χ3v) is 5.73. The van der Waals surface area contributed by atoms with E-state index in [0.717, 1.165) is 5.82 Å². The van der Waals surface area contributed by atoms with Crippen LogP contribution in [0.25, 0.3) is 0 Å². The molecule has 1 aromatic heterocycles. The Balaban J connectivity index is 2.01. The van der Waals surface area contributed by atoms with E-state index in [0.29, 0.717) is 17.6 Å². The third-order valence-electron chi connectivity index (χ3n) is 5.73. The summed E-state index contributed by atoms with van der Waals surface area (Å²) in [6.07, 6.45) is 4.19. The Labute approximate surface area is 212 Å². The highest BCUT2D eigenvalue weighted by molar-refractivity contribution is 5.98. The number of ether oxygens (including phenoxy) is 1. The molecule has 0 aliphatic heterocycles. The minimum atomic E-state index is -0.911. The summed E-state index contributed by atoms with van der Waals surface area (Å²) in [6, 6.07) is 4.13. The fraction of sp³-hybridized carbons (Fsp3) is 0.500. The molecule has 0 saturated carbocycles. The molecule has 0 aliphatic carbocycles. The summed E-state index contributed by atoms with van der Waals surface area (Å²) in [5.74, 6) is -0.143. The van der Waals surface area contributed by atoms with Crippen molar-refractivity contribution in [2.75, 3.05) is 0 Å². The lowest BCUT2D eigenvalue weighted by molar-refractivity contribution is -0.131. The second-order valence-electron chi connectivity index (χ2n) is 10.2. The summed E-state index contributed by atoms with van der Waals surface area (Å²) in [4.78, 5) is 53.8. The summed E-state index contributed by atoms with van der Waals surface area (Å²) >= 11 is 0. The number of aromatic nitrogens is 2. The second-order valence-corrected chi connectivity index (χ2v) is 10.2. The number of nitrogens with zero attached hydrogens (tertiary/aromatic N) is 2. The fourth-order valence-corrected chi connectivity index (χ4v) is 3.29. The Hall–Kier alpha value is -3.69. The van der Waals surface area contributed by atoms with Crippen LogP contribution in [0.1, 0.15) is 57.7 Å². The molecule has 1 heterocycles.